The van der Waals surface area contributed by atoms with Crippen molar-refractivity contribution < 1.29 is 9.26 Å². The molecule has 0 aliphatic carbocycles. The van der Waals surface area contributed by atoms with Gasteiger partial charge in [-0.1, -0.05) is 5.16 Å². The fourth-order valence-electron chi connectivity index (χ4n) is 2.69. The summed E-state index contributed by atoms with van der Waals surface area (Å²) in [6, 6.07) is 5.44. The van der Waals surface area contributed by atoms with Crippen LogP contribution in [0, 0.1) is 0 Å². The summed E-state index contributed by atoms with van der Waals surface area (Å²) in [6.45, 7) is 1.32. The van der Waals surface area contributed by atoms with E-state index in [2.05, 4.69) is 10.1 Å². The minimum atomic E-state index is -0.136. The van der Waals surface area contributed by atoms with Crippen molar-refractivity contribution in [3.05, 3.63) is 45.5 Å². The van der Waals surface area contributed by atoms with Crippen LogP contribution in [0.25, 0.3) is 22.8 Å². The fraction of sp³-hybridized carbons (Fsp3) is 0.312. The normalized spacial score (nSPS) is 17.7. The summed E-state index contributed by atoms with van der Waals surface area (Å²) in [5, 5.41) is 7.84. The Morgan fingerprint density at radius 2 is 2.35 bits per heavy atom. The Kier molecular flexibility index (Phi) is 3.80. The molecule has 4 heterocycles. The molecule has 23 heavy (non-hydrogen) atoms. The van der Waals surface area contributed by atoms with Gasteiger partial charge in [0.05, 0.1) is 12.6 Å². The Morgan fingerprint density at radius 1 is 1.39 bits per heavy atom. The average Bonchev–Trinajstić information content (AvgIpc) is 3.31. The monoisotopic (exact) mass is 329 g/mol. The van der Waals surface area contributed by atoms with Gasteiger partial charge in [0.1, 0.15) is 5.56 Å². The molecule has 7 heteroatoms. The van der Waals surface area contributed by atoms with Gasteiger partial charge in [-0.25, -0.2) is 0 Å². The van der Waals surface area contributed by atoms with Crippen LogP contribution in [-0.4, -0.2) is 27.4 Å². The molecule has 3 aromatic rings. The fourth-order valence-corrected chi connectivity index (χ4v) is 3.33. The molecule has 0 N–H and O–H groups in total. The van der Waals surface area contributed by atoms with Crippen LogP contribution in [0.4, 0.5) is 0 Å². The summed E-state index contributed by atoms with van der Waals surface area (Å²) in [5.74, 6) is 0.744. The van der Waals surface area contributed by atoms with Crippen molar-refractivity contribution in [2.75, 3.05) is 6.61 Å². The Labute approximate surface area is 136 Å². The quantitative estimate of drug-likeness (QED) is 0.736. The highest BCUT2D eigenvalue weighted by Crippen LogP contribution is 2.22. The minimum absolute atomic E-state index is 0.104. The van der Waals surface area contributed by atoms with E-state index in [-0.39, 0.29) is 17.6 Å². The lowest BCUT2D eigenvalue weighted by atomic mass is 10.2. The van der Waals surface area contributed by atoms with Crippen LogP contribution in [0.5, 0.6) is 0 Å². The highest BCUT2D eigenvalue weighted by molar-refractivity contribution is 7.08. The SMILES string of the molecule is O=c1c(-c2nc(-c3ccsc3)no2)cccn1CC1CCCO1. The third kappa shape index (κ3) is 2.85. The van der Waals surface area contributed by atoms with E-state index < -0.39 is 0 Å². The van der Waals surface area contributed by atoms with Crippen molar-refractivity contribution in [1.29, 1.82) is 0 Å². The van der Waals surface area contributed by atoms with Gasteiger partial charge in [0.15, 0.2) is 0 Å². The third-order valence-corrected chi connectivity index (χ3v) is 4.56. The molecule has 4 rings (SSSR count). The minimum Gasteiger partial charge on any atom is -0.376 e. The predicted octanol–water partition coefficient (Wildman–Crippen LogP) is 2.81. The zero-order chi connectivity index (χ0) is 15.6. The highest BCUT2D eigenvalue weighted by Gasteiger charge is 2.19. The van der Waals surface area contributed by atoms with Crippen LogP contribution in [0.2, 0.25) is 0 Å². The summed E-state index contributed by atoms with van der Waals surface area (Å²) in [4.78, 5) is 17.0. The van der Waals surface area contributed by atoms with Crippen LogP contribution in [-0.2, 0) is 11.3 Å². The summed E-state index contributed by atoms with van der Waals surface area (Å²) in [6.07, 6.45) is 3.91. The van der Waals surface area contributed by atoms with Gasteiger partial charge in [0.2, 0.25) is 5.82 Å². The van der Waals surface area contributed by atoms with Crippen molar-refractivity contribution in [2.24, 2.45) is 0 Å². The molecule has 0 aromatic carbocycles. The van der Waals surface area contributed by atoms with E-state index in [1.807, 2.05) is 22.9 Å². The maximum absolute atomic E-state index is 12.6. The Bertz CT molecular complexity index is 848. The lowest BCUT2D eigenvalue weighted by molar-refractivity contribution is 0.0962. The second-order valence-corrected chi connectivity index (χ2v) is 6.23. The van der Waals surface area contributed by atoms with E-state index in [0.29, 0.717) is 17.9 Å². The third-order valence-electron chi connectivity index (χ3n) is 3.88. The Balaban J connectivity index is 1.65. The molecule has 1 fully saturated rings. The molecule has 1 atom stereocenters. The van der Waals surface area contributed by atoms with Crippen LogP contribution in [0.3, 0.4) is 0 Å². The van der Waals surface area contributed by atoms with E-state index in [1.165, 1.54) is 0 Å². The smallest absolute Gasteiger partial charge is 0.263 e. The van der Waals surface area contributed by atoms with E-state index in [1.54, 1.807) is 28.2 Å². The van der Waals surface area contributed by atoms with Crippen LogP contribution >= 0.6 is 11.3 Å². The van der Waals surface area contributed by atoms with E-state index in [9.17, 15) is 4.79 Å². The topological polar surface area (TPSA) is 70.2 Å². The lowest BCUT2D eigenvalue weighted by Gasteiger charge is -2.11. The first-order valence-corrected chi connectivity index (χ1v) is 8.43. The van der Waals surface area contributed by atoms with Crippen molar-refractivity contribution in [3.63, 3.8) is 0 Å². The molecular formula is C16H15N3O3S. The molecule has 1 unspecified atom stereocenters. The molecule has 0 amide bonds. The van der Waals surface area contributed by atoms with Crippen molar-refractivity contribution in [3.8, 4) is 22.8 Å². The number of rotatable bonds is 4. The van der Waals surface area contributed by atoms with Gasteiger partial charge < -0.3 is 13.8 Å². The van der Waals surface area contributed by atoms with Gasteiger partial charge >= 0.3 is 0 Å². The first kappa shape index (κ1) is 14.3. The number of aromatic nitrogens is 3. The molecule has 0 spiro atoms. The van der Waals surface area contributed by atoms with Crippen LogP contribution < -0.4 is 5.56 Å². The zero-order valence-corrected chi connectivity index (χ0v) is 13.2. The summed E-state index contributed by atoms with van der Waals surface area (Å²) in [7, 11) is 0. The molecule has 0 bridgehead atoms. The zero-order valence-electron chi connectivity index (χ0n) is 12.3. The first-order valence-electron chi connectivity index (χ1n) is 7.49. The highest BCUT2D eigenvalue weighted by atomic mass is 32.1. The van der Waals surface area contributed by atoms with Crippen molar-refractivity contribution in [1.82, 2.24) is 14.7 Å². The maximum Gasteiger partial charge on any atom is 0.263 e. The second-order valence-electron chi connectivity index (χ2n) is 5.45. The largest absolute Gasteiger partial charge is 0.376 e. The molecule has 118 valence electrons. The van der Waals surface area contributed by atoms with Crippen LogP contribution in [0.1, 0.15) is 12.8 Å². The van der Waals surface area contributed by atoms with Gasteiger partial charge in [-0.05, 0) is 36.4 Å². The summed E-state index contributed by atoms with van der Waals surface area (Å²) >= 11 is 1.56. The van der Waals surface area contributed by atoms with Crippen molar-refractivity contribution >= 4 is 11.3 Å². The maximum atomic E-state index is 12.6. The first-order chi connectivity index (χ1) is 11.3. The van der Waals surface area contributed by atoms with Gasteiger partial charge in [-0.3, -0.25) is 4.79 Å². The number of hydrogen-bond acceptors (Lipinski definition) is 6. The number of pyridine rings is 1. The summed E-state index contributed by atoms with van der Waals surface area (Å²) in [5.41, 5.74) is 1.17. The van der Waals surface area contributed by atoms with E-state index in [0.717, 1.165) is 25.0 Å². The number of ether oxygens (including phenoxy) is 1. The summed E-state index contributed by atoms with van der Waals surface area (Å²) < 4.78 is 12.5. The second kappa shape index (κ2) is 6.10. The van der Waals surface area contributed by atoms with Gasteiger partial charge in [-0.2, -0.15) is 16.3 Å². The molecule has 1 aliphatic rings. The van der Waals surface area contributed by atoms with Gasteiger partial charge in [0.25, 0.3) is 11.4 Å². The average molecular weight is 329 g/mol. The molecular weight excluding hydrogens is 314 g/mol. The van der Waals surface area contributed by atoms with Gasteiger partial charge in [0, 0.05) is 23.7 Å². The molecule has 1 saturated heterocycles. The molecule has 6 nitrogen and oxygen atoms in total. The van der Waals surface area contributed by atoms with E-state index in [4.69, 9.17) is 9.26 Å². The molecule has 3 aromatic heterocycles. The molecule has 0 radical (unpaired) electrons. The standard InChI is InChI=1S/C16H15N3O3S/c20-16-13(4-1-6-19(16)9-12-3-2-7-21-12)15-17-14(18-22-15)11-5-8-23-10-11/h1,4-6,8,10,12H,2-3,7,9H2. The Morgan fingerprint density at radius 3 is 3.13 bits per heavy atom. The molecule has 1 aliphatic heterocycles. The Hall–Kier alpha value is -2.25. The number of thiophene rings is 1. The van der Waals surface area contributed by atoms with Crippen molar-refractivity contribution in [2.45, 2.75) is 25.5 Å². The number of nitrogens with zero attached hydrogens (tertiary/aromatic N) is 3. The predicted molar refractivity (Wildman–Crippen MR) is 86.3 cm³/mol. The molecule has 0 saturated carbocycles. The van der Waals surface area contributed by atoms with E-state index >= 15 is 0 Å². The van der Waals surface area contributed by atoms with Crippen LogP contribution in [0.15, 0.2) is 44.5 Å². The van der Waals surface area contributed by atoms with Gasteiger partial charge in [-0.15, -0.1) is 0 Å². The lowest BCUT2D eigenvalue weighted by Crippen LogP contribution is -2.26. The number of hydrogen-bond donors (Lipinski definition) is 0.